The normalized spacial score (nSPS) is 15.1. The van der Waals surface area contributed by atoms with Crippen LogP contribution in [0.3, 0.4) is 0 Å². The SMILES string of the molecule is CCN(C(=O)c1c(F)c(F)c(F)c(F)c1F)C1CNC1. The molecule has 1 N–H and O–H groups in total. The lowest BCUT2D eigenvalue weighted by Gasteiger charge is -2.37. The van der Waals surface area contributed by atoms with Crippen molar-refractivity contribution in [3.63, 3.8) is 0 Å². The van der Waals surface area contributed by atoms with Crippen molar-refractivity contribution in [2.45, 2.75) is 13.0 Å². The first-order chi connectivity index (χ1) is 9.40. The Morgan fingerprint density at radius 2 is 1.50 bits per heavy atom. The van der Waals surface area contributed by atoms with E-state index >= 15 is 0 Å². The van der Waals surface area contributed by atoms with Crippen LogP contribution < -0.4 is 5.32 Å². The van der Waals surface area contributed by atoms with Gasteiger partial charge in [-0.2, -0.15) is 0 Å². The van der Waals surface area contributed by atoms with Crippen LogP contribution in [0.5, 0.6) is 0 Å². The van der Waals surface area contributed by atoms with Crippen molar-refractivity contribution in [1.82, 2.24) is 10.2 Å². The quantitative estimate of drug-likeness (QED) is 0.524. The number of rotatable bonds is 3. The second-order valence-corrected chi connectivity index (χ2v) is 4.35. The van der Waals surface area contributed by atoms with Crippen molar-refractivity contribution in [2.75, 3.05) is 19.6 Å². The second kappa shape index (κ2) is 5.35. The fourth-order valence-electron chi connectivity index (χ4n) is 2.00. The maximum absolute atomic E-state index is 13.6. The predicted molar refractivity (Wildman–Crippen MR) is 59.6 cm³/mol. The van der Waals surface area contributed by atoms with Crippen LogP contribution in [0.1, 0.15) is 17.3 Å². The van der Waals surface area contributed by atoms with Gasteiger partial charge in [0.1, 0.15) is 5.56 Å². The highest BCUT2D eigenvalue weighted by atomic mass is 19.2. The summed E-state index contributed by atoms with van der Waals surface area (Å²) < 4.78 is 66.2. The number of carbonyl (C=O) groups is 1. The van der Waals surface area contributed by atoms with Crippen LogP contribution in [0.2, 0.25) is 0 Å². The molecular weight excluding hydrogens is 283 g/mol. The van der Waals surface area contributed by atoms with E-state index in [2.05, 4.69) is 5.32 Å². The van der Waals surface area contributed by atoms with E-state index in [1.165, 1.54) is 0 Å². The van der Waals surface area contributed by atoms with Crippen LogP contribution in [-0.2, 0) is 0 Å². The summed E-state index contributed by atoms with van der Waals surface area (Å²) in [6, 6.07) is -0.317. The van der Waals surface area contributed by atoms with Crippen LogP contribution >= 0.6 is 0 Å². The van der Waals surface area contributed by atoms with Gasteiger partial charge in [-0.1, -0.05) is 0 Å². The van der Waals surface area contributed by atoms with E-state index < -0.39 is 40.6 Å². The summed E-state index contributed by atoms with van der Waals surface area (Å²) in [5.41, 5.74) is -1.41. The average molecular weight is 294 g/mol. The van der Waals surface area contributed by atoms with Crippen LogP contribution in [-0.4, -0.2) is 36.5 Å². The number of hydrogen-bond acceptors (Lipinski definition) is 2. The van der Waals surface area contributed by atoms with Crippen molar-refractivity contribution in [3.8, 4) is 0 Å². The first-order valence-corrected chi connectivity index (χ1v) is 5.93. The van der Waals surface area contributed by atoms with Gasteiger partial charge in [-0.3, -0.25) is 4.79 Å². The lowest BCUT2D eigenvalue weighted by atomic mass is 10.1. The Labute approximate surface area is 111 Å². The molecule has 0 unspecified atom stereocenters. The van der Waals surface area contributed by atoms with E-state index in [4.69, 9.17) is 0 Å². The zero-order valence-corrected chi connectivity index (χ0v) is 10.4. The van der Waals surface area contributed by atoms with Gasteiger partial charge in [-0.05, 0) is 6.92 Å². The number of likely N-dealkylation sites (N-methyl/N-ethyl adjacent to an activating group) is 1. The van der Waals surface area contributed by atoms with Crippen LogP contribution in [0.15, 0.2) is 0 Å². The summed E-state index contributed by atoms with van der Waals surface area (Å²) in [6.07, 6.45) is 0. The molecule has 110 valence electrons. The summed E-state index contributed by atoms with van der Waals surface area (Å²) >= 11 is 0. The standard InChI is InChI=1S/C12H11F5N2O/c1-2-19(5-3-18-4-5)12(20)6-7(13)9(15)11(17)10(16)8(6)14/h5,18H,2-4H2,1H3. The van der Waals surface area contributed by atoms with Crippen molar-refractivity contribution in [3.05, 3.63) is 34.6 Å². The molecule has 3 nitrogen and oxygen atoms in total. The van der Waals surface area contributed by atoms with Gasteiger partial charge in [0, 0.05) is 19.6 Å². The van der Waals surface area contributed by atoms with Crippen LogP contribution in [0, 0.1) is 29.1 Å². The number of carbonyl (C=O) groups excluding carboxylic acids is 1. The van der Waals surface area contributed by atoms with Gasteiger partial charge in [0.25, 0.3) is 5.91 Å². The molecule has 20 heavy (non-hydrogen) atoms. The monoisotopic (exact) mass is 294 g/mol. The van der Waals surface area contributed by atoms with Crippen molar-refractivity contribution in [1.29, 1.82) is 0 Å². The molecule has 0 aliphatic carbocycles. The van der Waals surface area contributed by atoms with Gasteiger partial charge >= 0.3 is 0 Å². The Morgan fingerprint density at radius 1 is 1.05 bits per heavy atom. The Bertz CT molecular complexity index is 530. The van der Waals surface area contributed by atoms with E-state index in [1.54, 1.807) is 6.92 Å². The summed E-state index contributed by atoms with van der Waals surface area (Å²) in [5.74, 6) is -11.9. The first kappa shape index (κ1) is 14.7. The van der Waals surface area contributed by atoms with Gasteiger partial charge in [0.15, 0.2) is 23.3 Å². The summed E-state index contributed by atoms with van der Waals surface area (Å²) in [7, 11) is 0. The molecule has 1 aliphatic heterocycles. The lowest BCUT2D eigenvalue weighted by Crippen LogP contribution is -2.59. The minimum absolute atomic E-state index is 0.102. The maximum atomic E-state index is 13.6. The molecule has 1 aliphatic rings. The summed E-state index contributed by atoms with van der Waals surface area (Å²) in [5, 5.41) is 2.85. The molecule has 0 aromatic heterocycles. The fourth-order valence-corrected chi connectivity index (χ4v) is 2.00. The summed E-state index contributed by atoms with van der Waals surface area (Å²) in [4.78, 5) is 13.1. The number of hydrogen-bond donors (Lipinski definition) is 1. The van der Waals surface area contributed by atoms with Crippen molar-refractivity contribution >= 4 is 5.91 Å². The molecule has 0 spiro atoms. The Kier molecular flexibility index (Phi) is 3.94. The zero-order chi connectivity index (χ0) is 15.0. The highest BCUT2D eigenvalue weighted by Gasteiger charge is 2.35. The molecule has 8 heteroatoms. The Hall–Kier alpha value is -1.70. The molecule has 1 amide bonds. The topological polar surface area (TPSA) is 32.3 Å². The van der Waals surface area contributed by atoms with E-state index in [0.29, 0.717) is 13.1 Å². The fraction of sp³-hybridized carbons (Fsp3) is 0.417. The molecule has 1 aromatic rings. The van der Waals surface area contributed by atoms with Crippen LogP contribution in [0.4, 0.5) is 22.0 Å². The molecule has 0 saturated carbocycles. The van der Waals surface area contributed by atoms with Gasteiger partial charge in [0.2, 0.25) is 5.82 Å². The highest BCUT2D eigenvalue weighted by Crippen LogP contribution is 2.25. The molecule has 1 aromatic carbocycles. The minimum Gasteiger partial charge on any atom is -0.333 e. The van der Waals surface area contributed by atoms with E-state index in [0.717, 1.165) is 4.90 Å². The smallest absolute Gasteiger partial charge is 0.260 e. The second-order valence-electron chi connectivity index (χ2n) is 4.35. The molecule has 1 fully saturated rings. The third-order valence-corrected chi connectivity index (χ3v) is 3.23. The lowest BCUT2D eigenvalue weighted by molar-refractivity contribution is 0.0617. The number of nitrogens with zero attached hydrogens (tertiary/aromatic N) is 1. The van der Waals surface area contributed by atoms with Gasteiger partial charge in [0.05, 0.1) is 6.04 Å². The zero-order valence-electron chi connectivity index (χ0n) is 10.4. The highest BCUT2D eigenvalue weighted by molar-refractivity contribution is 5.95. The third-order valence-electron chi connectivity index (χ3n) is 3.23. The largest absolute Gasteiger partial charge is 0.333 e. The van der Waals surface area contributed by atoms with Crippen LogP contribution in [0.25, 0.3) is 0 Å². The van der Waals surface area contributed by atoms with E-state index in [9.17, 15) is 26.7 Å². The number of halogens is 5. The number of nitrogens with one attached hydrogen (secondary N) is 1. The molecule has 0 bridgehead atoms. The van der Waals surface area contributed by atoms with E-state index in [1.807, 2.05) is 0 Å². The molecule has 2 rings (SSSR count). The van der Waals surface area contributed by atoms with Crippen molar-refractivity contribution in [2.24, 2.45) is 0 Å². The molecule has 1 heterocycles. The third kappa shape index (κ3) is 2.13. The van der Waals surface area contributed by atoms with E-state index in [-0.39, 0.29) is 12.6 Å². The molecule has 0 atom stereocenters. The molecule has 0 radical (unpaired) electrons. The maximum Gasteiger partial charge on any atom is 0.260 e. The first-order valence-electron chi connectivity index (χ1n) is 5.93. The summed E-state index contributed by atoms with van der Waals surface area (Å²) in [6.45, 7) is 2.48. The number of amides is 1. The molecule has 1 saturated heterocycles. The van der Waals surface area contributed by atoms with Gasteiger partial charge < -0.3 is 10.2 Å². The predicted octanol–water partition coefficient (Wildman–Crippen LogP) is 1.82. The Balaban J connectivity index is 2.48. The van der Waals surface area contributed by atoms with Gasteiger partial charge in [-0.15, -0.1) is 0 Å². The number of benzene rings is 1. The Morgan fingerprint density at radius 3 is 1.85 bits per heavy atom. The average Bonchev–Trinajstić information content (AvgIpc) is 2.38. The molecular formula is C12H11F5N2O. The van der Waals surface area contributed by atoms with Crippen molar-refractivity contribution < 1.29 is 26.7 Å². The minimum atomic E-state index is -2.27. The van der Waals surface area contributed by atoms with Gasteiger partial charge in [-0.25, -0.2) is 22.0 Å².